The van der Waals surface area contributed by atoms with E-state index in [1.807, 2.05) is 30.3 Å². The van der Waals surface area contributed by atoms with Crippen LogP contribution in [0.15, 0.2) is 36.5 Å². The van der Waals surface area contributed by atoms with Gasteiger partial charge in [-0.2, -0.15) is 0 Å². The van der Waals surface area contributed by atoms with E-state index in [4.69, 9.17) is 9.47 Å². The molecule has 2 heterocycles. The first-order chi connectivity index (χ1) is 11.7. The average molecular weight is 330 g/mol. The molecule has 2 atom stereocenters. The Kier molecular flexibility index (Phi) is 5.43. The van der Waals surface area contributed by atoms with Crippen LogP contribution in [0.5, 0.6) is 5.75 Å². The van der Waals surface area contributed by atoms with Gasteiger partial charge in [-0.25, -0.2) is 4.68 Å². The summed E-state index contributed by atoms with van der Waals surface area (Å²) in [5, 5.41) is 11.0. The Morgan fingerprint density at radius 2 is 2.29 bits per heavy atom. The fourth-order valence-corrected chi connectivity index (χ4v) is 2.53. The summed E-state index contributed by atoms with van der Waals surface area (Å²) in [5.74, 6) is 0.681. The third-order valence-electron chi connectivity index (χ3n) is 3.99. The summed E-state index contributed by atoms with van der Waals surface area (Å²) in [6.07, 6.45) is 3.93. The lowest BCUT2D eigenvalue weighted by molar-refractivity contribution is -0.124. The Bertz CT molecular complexity index is 653. The number of carbonyl (C=O) groups is 1. The van der Waals surface area contributed by atoms with Crippen LogP contribution >= 0.6 is 0 Å². The van der Waals surface area contributed by atoms with E-state index in [-0.39, 0.29) is 12.0 Å². The van der Waals surface area contributed by atoms with Crippen molar-refractivity contribution in [1.82, 2.24) is 20.3 Å². The molecule has 0 spiro atoms. The van der Waals surface area contributed by atoms with Crippen molar-refractivity contribution in [2.75, 3.05) is 13.2 Å². The quantitative estimate of drug-likeness (QED) is 0.836. The summed E-state index contributed by atoms with van der Waals surface area (Å²) in [6.45, 7) is 3.43. The highest BCUT2D eigenvalue weighted by Crippen LogP contribution is 2.13. The summed E-state index contributed by atoms with van der Waals surface area (Å²) < 4.78 is 12.7. The maximum Gasteiger partial charge on any atom is 0.244 e. The highest BCUT2D eigenvalue weighted by atomic mass is 16.5. The maximum atomic E-state index is 12.2. The molecule has 3 rings (SSSR count). The SMILES string of the molecule is CC(C(=O)NCC1CCCO1)n1cc(COc2ccccc2)nn1. The number of amides is 1. The highest BCUT2D eigenvalue weighted by molar-refractivity contribution is 5.79. The molecule has 0 aliphatic carbocycles. The van der Waals surface area contributed by atoms with Crippen LogP contribution in [0.1, 0.15) is 31.5 Å². The van der Waals surface area contributed by atoms with Crippen LogP contribution in [-0.2, 0) is 16.1 Å². The zero-order valence-corrected chi connectivity index (χ0v) is 13.7. The monoisotopic (exact) mass is 330 g/mol. The van der Waals surface area contributed by atoms with Crippen molar-refractivity contribution in [2.45, 2.75) is 38.5 Å². The van der Waals surface area contributed by atoms with Crippen molar-refractivity contribution in [1.29, 1.82) is 0 Å². The van der Waals surface area contributed by atoms with Crippen molar-refractivity contribution in [3.8, 4) is 5.75 Å². The van der Waals surface area contributed by atoms with Crippen LogP contribution < -0.4 is 10.1 Å². The van der Waals surface area contributed by atoms with Gasteiger partial charge >= 0.3 is 0 Å². The van der Waals surface area contributed by atoms with Gasteiger partial charge in [0.05, 0.1) is 12.3 Å². The van der Waals surface area contributed by atoms with E-state index >= 15 is 0 Å². The first kappa shape index (κ1) is 16.4. The van der Waals surface area contributed by atoms with Crippen molar-refractivity contribution >= 4 is 5.91 Å². The molecule has 0 radical (unpaired) electrons. The Morgan fingerprint density at radius 3 is 3.04 bits per heavy atom. The summed E-state index contributed by atoms with van der Waals surface area (Å²) in [5.41, 5.74) is 0.678. The van der Waals surface area contributed by atoms with E-state index in [9.17, 15) is 4.79 Å². The summed E-state index contributed by atoms with van der Waals surface area (Å²) in [7, 11) is 0. The number of nitrogens with one attached hydrogen (secondary N) is 1. The van der Waals surface area contributed by atoms with E-state index in [1.165, 1.54) is 0 Å². The molecule has 7 nitrogen and oxygen atoms in total. The molecule has 1 saturated heterocycles. The Morgan fingerprint density at radius 1 is 1.46 bits per heavy atom. The van der Waals surface area contributed by atoms with Gasteiger partial charge in [0, 0.05) is 13.2 Å². The average Bonchev–Trinajstić information content (AvgIpc) is 3.30. The molecule has 1 aliphatic rings. The van der Waals surface area contributed by atoms with E-state index in [1.54, 1.807) is 17.8 Å². The van der Waals surface area contributed by atoms with Crippen LogP contribution in [0.4, 0.5) is 0 Å². The predicted octanol–water partition coefficient (Wildman–Crippen LogP) is 1.71. The molecule has 1 fully saturated rings. The second-order valence-electron chi connectivity index (χ2n) is 5.85. The minimum Gasteiger partial charge on any atom is -0.487 e. The standard InChI is InChI=1S/C17H22N4O3/c1-13(17(22)18-10-16-8-5-9-23-16)21-11-14(19-20-21)12-24-15-6-3-2-4-7-15/h2-4,6-7,11,13,16H,5,8-10,12H2,1H3,(H,18,22). The Balaban J connectivity index is 1.49. The van der Waals surface area contributed by atoms with Crippen LogP contribution in [-0.4, -0.2) is 40.2 Å². The number of aromatic nitrogens is 3. The number of benzene rings is 1. The molecule has 1 aromatic carbocycles. The molecule has 2 unspecified atom stereocenters. The molecule has 1 N–H and O–H groups in total. The third-order valence-corrected chi connectivity index (χ3v) is 3.99. The molecule has 24 heavy (non-hydrogen) atoms. The van der Waals surface area contributed by atoms with Crippen LogP contribution in [0, 0.1) is 0 Å². The van der Waals surface area contributed by atoms with Crippen LogP contribution in [0.2, 0.25) is 0 Å². The lowest BCUT2D eigenvalue weighted by atomic mass is 10.2. The summed E-state index contributed by atoms with van der Waals surface area (Å²) >= 11 is 0. The van der Waals surface area contributed by atoms with Gasteiger partial charge in [-0.15, -0.1) is 5.10 Å². The largest absolute Gasteiger partial charge is 0.487 e. The van der Waals surface area contributed by atoms with E-state index < -0.39 is 6.04 Å². The minimum atomic E-state index is -0.427. The fraction of sp³-hybridized carbons (Fsp3) is 0.471. The molecule has 2 aromatic rings. The summed E-state index contributed by atoms with van der Waals surface area (Å²) in [4.78, 5) is 12.2. The minimum absolute atomic E-state index is 0.0917. The molecule has 1 amide bonds. The van der Waals surface area contributed by atoms with Crippen molar-refractivity contribution < 1.29 is 14.3 Å². The van der Waals surface area contributed by atoms with Crippen LogP contribution in [0.3, 0.4) is 0 Å². The molecule has 7 heteroatoms. The molecule has 1 aromatic heterocycles. The lowest BCUT2D eigenvalue weighted by Crippen LogP contribution is -2.36. The Labute approximate surface area is 141 Å². The lowest BCUT2D eigenvalue weighted by Gasteiger charge is -2.14. The van der Waals surface area contributed by atoms with Crippen molar-refractivity contribution in [2.24, 2.45) is 0 Å². The second kappa shape index (κ2) is 7.92. The van der Waals surface area contributed by atoms with Gasteiger partial charge in [-0.3, -0.25) is 4.79 Å². The Hall–Kier alpha value is -2.41. The topological polar surface area (TPSA) is 78.3 Å². The maximum absolute atomic E-state index is 12.2. The zero-order chi connectivity index (χ0) is 16.8. The van der Waals surface area contributed by atoms with Gasteiger partial charge in [0.1, 0.15) is 24.1 Å². The molecule has 0 bridgehead atoms. The zero-order valence-electron chi connectivity index (χ0n) is 13.7. The number of nitrogens with zero attached hydrogens (tertiary/aromatic N) is 3. The number of para-hydroxylation sites is 1. The first-order valence-corrected chi connectivity index (χ1v) is 8.20. The number of hydrogen-bond acceptors (Lipinski definition) is 5. The fourth-order valence-electron chi connectivity index (χ4n) is 2.53. The van der Waals surface area contributed by atoms with Gasteiger partial charge in [-0.1, -0.05) is 23.4 Å². The molecular formula is C17H22N4O3. The third kappa shape index (κ3) is 4.32. The van der Waals surface area contributed by atoms with Gasteiger partial charge in [0.2, 0.25) is 5.91 Å². The van der Waals surface area contributed by atoms with Crippen molar-refractivity contribution in [3.63, 3.8) is 0 Å². The number of hydrogen-bond donors (Lipinski definition) is 1. The van der Waals surface area contributed by atoms with E-state index in [2.05, 4.69) is 15.6 Å². The normalized spacial score (nSPS) is 18.3. The van der Waals surface area contributed by atoms with Gasteiger partial charge in [0.15, 0.2) is 0 Å². The number of carbonyl (C=O) groups excluding carboxylic acids is 1. The predicted molar refractivity (Wildman–Crippen MR) is 87.5 cm³/mol. The molecule has 128 valence electrons. The first-order valence-electron chi connectivity index (χ1n) is 8.20. The number of rotatable bonds is 7. The van der Waals surface area contributed by atoms with Crippen molar-refractivity contribution in [3.05, 3.63) is 42.2 Å². The van der Waals surface area contributed by atoms with Gasteiger partial charge < -0.3 is 14.8 Å². The van der Waals surface area contributed by atoms with Gasteiger partial charge in [0.25, 0.3) is 0 Å². The highest BCUT2D eigenvalue weighted by Gasteiger charge is 2.20. The van der Waals surface area contributed by atoms with E-state index in [0.717, 1.165) is 25.2 Å². The number of ether oxygens (including phenoxy) is 2. The second-order valence-corrected chi connectivity index (χ2v) is 5.85. The summed E-state index contributed by atoms with van der Waals surface area (Å²) in [6, 6.07) is 9.08. The molecule has 1 aliphatic heterocycles. The smallest absolute Gasteiger partial charge is 0.244 e. The van der Waals surface area contributed by atoms with Gasteiger partial charge in [-0.05, 0) is 31.9 Å². The van der Waals surface area contributed by atoms with Crippen LogP contribution in [0.25, 0.3) is 0 Å². The molecular weight excluding hydrogens is 308 g/mol. The molecule has 0 saturated carbocycles. The van der Waals surface area contributed by atoms with E-state index in [0.29, 0.717) is 18.8 Å².